The lowest BCUT2D eigenvalue weighted by Gasteiger charge is -2.11. The number of nitrogens with one attached hydrogen (secondary N) is 1. The fourth-order valence-corrected chi connectivity index (χ4v) is 2.80. The largest absolute Gasteiger partial charge is 0.306 e. The molecule has 1 N–H and O–H groups in total. The predicted octanol–water partition coefficient (Wildman–Crippen LogP) is 4.25. The van der Waals surface area contributed by atoms with Gasteiger partial charge in [0.05, 0.1) is 22.5 Å². The Kier molecular flexibility index (Phi) is 4.11. The first kappa shape index (κ1) is 15.9. The van der Waals surface area contributed by atoms with Crippen molar-refractivity contribution < 1.29 is 4.79 Å². The second-order valence-corrected chi connectivity index (χ2v) is 5.91. The summed E-state index contributed by atoms with van der Waals surface area (Å²) in [5.74, 6) is 0.334. The maximum absolute atomic E-state index is 13.0. The molecule has 0 spiro atoms. The van der Waals surface area contributed by atoms with Crippen LogP contribution >= 0.6 is 0 Å². The van der Waals surface area contributed by atoms with Crippen LogP contribution in [0.15, 0.2) is 73.1 Å². The van der Waals surface area contributed by atoms with E-state index in [1.54, 1.807) is 18.5 Å². The molecule has 4 aromatic rings. The van der Waals surface area contributed by atoms with E-state index in [2.05, 4.69) is 20.3 Å². The molecule has 0 saturated carbocycles. The molecule has 126 valence electrons. The van der Waals surface area contributed by atoms with Gasteiger partial charge in [-0.1, -0.05) is 30.3 Å². The number of hydrogen-bond donors (Lipinski definition) is 1. The van der Waals surface area contributed by atoms with Crippen molar-refractivity contribution in [2.45, 2.75) is 6.92 Å². The minimum absolute atomic E-state index is 0.220. The third kappa shape index (κ3) is 3.02. The Labute approximate surface area is 150 Å². The van der Waals surface area contributed by atoms with Crippen LogP contribution in [0.1, 0.15) is 15.9 Å². The van der Waals surface area contributed by atoms with Crippen LogP contribution in [-0.2, 0) is 0 Å². The lowest BCUT2D eigenvalue weighted by Crippen LogP contribution is -2.15. The van der Waals surface area contributed by atoms with Crippen molar-refractivity contribution in [3.8, 4) is 11.4 Å². The standard InChI is InChI=1S/C21H16N4O/c1-14-7-6-12-23-20(14)25-21(26)16-13-19(18-10-4-5-11-22-18)24-17-9-3-2-8-15(16)17/h2-13H,1H3,(H,23,25,26). The number of hydrogen-bond acceptors (Lipinski definition) is 4. The normalized spacial score (nSPS) is 10.7. The molecule has 0 fully saturated rings. The van der Waals surface area contributed by atoms with Crippen molar-refractivity contribution in [3.63, 3.8) is 0 Å². The molecule has 0 atom stereocenters. The number of rotatable bonds is 3. The first-order chi connectivity index (χ1) is 12.7. The van der Waals surface area contributed by atoms with Crippen LogP contribution in [0, 0.1) is 6.92 Å². The quantitative estimate of drug-likeness (QED) is 0.605. The van der Waals surface area contributed by atoms with Crippen LogP contribution in [-0.4, -0.2) is 20.9 Å². The molecule has 0 saturated heterocycles. The number of pyridine rings is 3. The van der Waals surface area contributed by atoms with Crippen LogP contribution in [0.4, 0.5) is 5.82 Å². The molecule has 0 bridgehead atoms. The molecule has 1 aromatic carbocycles. The smallest absolute Gasteiger partial charge is 0.257 e. The number of amides is 1. The number of fused-ring (bicyclic) bond motifs is 1. The van der Waals surface area contributed by atoms with Gasteiger partial charge in [-0.15, -0.1) is 0 Å². The highest BCUT2D eigenvalue weighted by atomic mass is 16.1. The van der Waals surface area contributed by atoms with E-state index in [9.17, 15) is 4.79 Å². The van der Waals surface area contributed by atoms with E-state index in [1.165, 1.54) is 0 Å². The number of anilines is 1. The summed E-state index contributed by atoms with van der Waals surface area (Å²) in [4.78, 5) is 26.2. The zero-order valence-corrected chi connectivity index (χ0v) is 14.2. The van der Waals surface area contributed by atoms with Gasteiger partial charge in [0.2, 0.25) is 0 Å². The van der Waals surface area contributed by atoms with Gasteiger partial charge in [-0.05, 0) is 42.8 Å². The molecule has 0 aliphatic rings. The van der Waals surface area contributed by atoms with Gasteiger partial charge in [-0.3, -0.25) is 9.78 Å². The van der Waals surface area contributed by atoms with Crippen molar-refractivity contribution in [2.24, 2.45) is 0 Å². The van der Waals surface area contributed by atoms with E-state index < -0.39 is 0 Å². The van der Waals surface area contributed by atoms with Crippen molar-refractivity contribution in [1.29, 1.82) is 0 Å². The van der Waals surface area contributed by atoms with Crippen molar-refractivity contribution in [1.82, 2.24) is 15.0 Å². The van der Waals surface area contributed by atoms with Crippen LogP contribution < -0.4 is 5.32 Å². The molecular formula is C21H16N4O. The lowest BCUT2D eigenvalue weighted by molar-refractivity contribution is 0.102. The Morgan fingerprint density at radius 3 is 2.50 bits per heavy atom. The molecule has 1 amide bonds. The maximum Gasteiger partial charge on any atom is 0.257 e. The molecule has 0 unspecified atom stereocenters. The van der Waals surface area contributed by atoms with E-state index in [1.807, 2.05) is 61.5 Å². The lowest BCUT2D eigenvalue weighted by atomic mass is 10.1. The van der Waals surface area contributed by atoms with Gasteiger partial charge in [0.25, 0.3) is 5.91 Å². The minimum atomic E-state index is -0.220. The molecule has 3 aromatic heterocycles. The average molecular weight is 340 g/mol. The van der Waals surface area contributed by atoms with Gasteiger partial charge in [-0.25, -0.2) is 9.97 Å². The Morgan fingerprint density at radius 1 is 0.885 bits per heavy atom. The molecule has 26 heavy (non-hydrogen) atoms. The number of benzene rings is 1. The summed E-state index contributed by atoms with van der Waals surface area (Å²) in [5.41, 5.74) is 3.58. The summed E-state index contributed by atoms with van der Waals surface area (Å²) in [5, 5.41) is 3.69. The molecule has 0 aliphatic heterocycles. The first-order valence-corrected chi connectivity index (χ1v) is 8.26. The summed E-state index contributed by atoms with van der Waals surface area (Å²) in [6, 6.07) is 18.7. The monoisotopic (exact) mass is 340 g/mol. The number of nitrogens with zero attached hydrogens (tertiary/aromatic N) is 3. The highest BCUT2D eigenvalue weighted by molar-refractivity contribution is 6.12. The molecule has 0 radical (unpaired) electrons. The molecule has 5 nitrogen and oxygen atoms in total. The number of aromatic nitrogens is 3. The number of para-hydroxylation sites is 1. The number of carbonyl (C=O) groups excluding carboxylic acids is 1. The number of carbonyl (C=O) groups is 1. The summed E-state index contributed by atoms with van der Waals surface area (Å²) < 4.78 is 0. The summed E-state index contributed by atoms with van der Waals surface area (Å²) >= 11 is 0. The second-order valence-electron chi connectivity index (χ2n) is 5.91. The van der Waals surface area contributed by atoms with Crippen molar-refractivity contribution >= 4 is 22.6 Å². The summed E-state index contributed by atoms with van der Waals surface area (Å²) in [6.45, 7) is 1.91. The van der Waals surface area contributed by atoms with Crippen LogP contribution in [0.25, 0.3) is 22.3 Å². The SMILES string of the molecule is Cc1cccnc1NC(=O)c1cc(-c2ccccn2)nc2ccccc12. The zero-order valence-electron chi connectivity index (χ0n) is 14.2. The third-order valence-electron chi connectivity index (χ3n) is 4.13. The average Bonchev–Trinajstić information content (AvgIpc) is 2.69. The van der Waals surface area contributed by atoms with E-state index in [-0.39, 0.29) is 5.91 Å². The van der Waals surface area contributed by atoms with Gasteiger partial charge in [0.15, 0.2) is 0 Å². The van der Waals surface area contributed by atoms with Crippen LogP contribution in [0.5, 0.6) is 0 Å². The van der Waals surface area contributed by atoms with Crippen LogP contribution in [0.3, 0.4) is 0 Å². The minimum Gasteiger partial charge on any atom is -0.306 e. The second kappa shape index (κ2) is 6.72. The number of aryl methyl sites for hydroxylation is 1. The van der Waals surface area contributed by atoms with Crippen molar-refractivity contribution in [2.75, 3.05) is 5.32 Å². The predicted molar refractivity (Wildman–Crippen MR) is 102 cm³/mol. The summed E-state index contributed by atoms with van der Waals surface area (Å²) in [7, 11) is 0. The molecule has 5 heteroatoms. The van der Waals surface area contributed by atoms with Gasteiger partial charge in [0.1, 0.15) is 5.82 Å². The van der Waals surface area contributed by atoms with Gasteiger partial charge in [-0.2, -0.15) is 0 Å². The summed E-state index contributed by atoms with van der Waals surface area (Å²) in [6.07, 6.45) is 3.37. The van der Waals surface area contributed by atoms with Gasteiger partial charge < -0.3 is 5.32 Å². The fourth-order valence-electron chi connectivity index (χ4n) is 2.80. The molecule has 3 heterocycles. The Hall–Kier alpha value is -3.60. The zero-order chi connectivity index (χ0) is 17.9. The molecule has 0 aliphatic carbocycles. The molecule has 4 rings (SSSR count). The Bertz CT molecular complexity index is 1090. The van der Waals surface area contributed by atoms with Gasteiger partial charge in [0, 0.05) is 17.8 Å². The highest BCUT2D eigenvalue weighted by Gasteiger charge is 2.15. The van der Waals surface area contributed by atoms with Crippen LogP contribution in [0.2, 0.25) is 0 Å². The van der Waals surface area contributed by atoms with E-state index in [4.69, 9.17) is 0 Å². The maximum atomic E-state index is 13.0. The Morgan fingerprint density at radius 2 is 1.69 bits per heavy atom. The first-order valence-electron chi connectivity index (χ1n) is 8.26. The molecular weight excluding hydrogens is 324 g/mol. The fraction of sp³-hybridized carbons (Fsp3) is 0.0476. The van der Waals surface area contributed by atoms with Crippen molar-refractivity contribution in [3.05, 3.63) is 84.2 Å². The van der Waals surface area contributed by atoms with E-state index in [0.29, 0.717) is 17.1 Å². The Balaban J connectivity index is 1.83. The van der Waals surface area contributed by atoms with E-state index in [0.717, 1.165) is 22.2 Å². The van der Waals surface area contributed by atoms with Gasteiger partial charge >= 0.3 is 0 Å². The topological polar surface area (TPSA) is 67.8 Å². The third-order valence-corrected chi connectivity index (χ3v) is 4.13. The van der Waals surface area contributed by atoms with E-state index >= 15 is 0 Å². The highest BCUT2D eigenvalue weighted by Crippen LogP contribution is 2.24.